The van der Waals surface area contributed by atoms with E-state index in [1.54, 1.807) is 0 Å². The van der Waals surface area contributed by atoms with Gasteiger partial charge in [-0.2, -0.15) is 0 Å². The number of hydrogen-bond donors (Lipinski definition) is 0. The fourth-order valence-electron chi connectivity index (χ4n) is 0. The molecule has 0 aliphatic heterocycles. The molecule has 0 bridgehead atoms. The largest absolute Gasteiger partial charge is 0.870 e. The zero-order valence-corrected chi connectivity index (χ0v) is 4.09. The van der Waals surface area contributed by atoms with Gasteiger partial charge in [-0.25, -0.2) is 0 Å². The van der Waals surface area contributed by atoms with Crippen LogP contribution in [0.4, 0.5) is 0 Å². The van der Waals surface area contributed by atoms with Gasteiger partial charge in [-0.3, -0.25) is 0 Å². The van der Waals surface area contributed by atoms with Gasteiger partial charge in [0.25, 0.3) is 0 Å². The third-order valence-electron chi connectivity index (χ3n) is 0. The predicted octanol–water partition coefficient (Wildman–Crippen LogP) is -1.83. The molecule has 0 aromatic heterocycles. The second-order valence-electron chi connectivity index (χ2n) is 0. The van der Waals surface area contributed by atoms with Crippen molar-refractivity contribution >= 4 is 0 Å². The van der Waals surface area contributed by atoms with Crippen molar-refractivity contribution in [2.75, 3.05) is 0 Å². The Morgan fingerprint density at radius 3 is 0.750 bits per heavy atom. The third kappa shape index (κ3) is 17.9. The number of hydrogen-bond acceptors (Lipinski definition) is 1. The molecule has 0 fully saturated rings. The van der Waals surface area contributed by atoms with Crippen LogP contribution in [0.25, 0.3) is 0 Å². The van der Waals surface area contributed by atoms with Gasteiger partial charge in [-0.05, 0) is 0 Å². The summed E-state index contributed by atoms with van der Waals surface area (Å²) in [4.78, 5) is 0. The van der Waals surface area contributed by atoms with Crippen LogP contribution in [0.1, 0.15) is 0 Å². The molecule has 0 spiro atoms. The normalized spacial score (nSPS) is 0. The molecule has 0 rings (SSSR count). The zero-order valence-electron chi connectivity index (χ0n) is 1.89. The summed E-state index contributed by atoms with van der Waals surface area (Å²) in [6.45, 7) is 0. The summed E-state index contributed by atoms with van der Waals surface area (Å²) in [5.41, 5.74) is 0. The second-order valence-corrected chi connectivity index (χ2v) is 0. The molecule has 0 unspecified atom stereocenters. The fourth-order valence-corrected chi connectivity index (χ4v) is 0. The summed E-state index contributed by atoms with van der Waals surface area (Å²) in [7, 11) is 0. The van der Waals surface area contributed by atoms with Crippen LogP contribution in [0.15, 0.2) is 0 Å². The first-order valence-electron chi connectivity index (χ1n) is 0. The van der Waals surface area contributed by atoms with Gasteiger partial charge in [0.2, 0.25) is 0 Å². The summed E-state index contributed by atoms with van der Waals surface area (Å²) in [5.74, 6) is 0. The first-order chi connectivity index (χ1) is 0. The van der Waals surface area contributed by atoms with Crippen molar-refractivity contribution in [3.05, 3.63) is 0 Å². The monoisotopic (exact) mass is 146 g/mol. The molecule has 1 radical (unpaired) electrons. The Kier molecular flexibility index (Phi) is 2540. The standard InChI is InChI=1S/Nb.3H2O/h;3*1H2/p-1. The van der Waals surface area contributed by atoms with Crippen LogP contribution in [0, 0.1) is 0 Å². The van der Waals surface area contributed by atoms with E-state index in [9.17, 15) is 0 Å². The zero-order chi connectivity index (χ0) is 0. The van der Waals surface area contributed by atoms with Gasteiger partial charge in [0.1, 0.15) is 0 Å². The van der Waals surface area contributed by atoms with Crippen molar-refractivity contribution in [1.29, 1.82) is 0 Å². The second kappa shape index (κ2) is 64.6. The molecule has 0 aliphatic carbocycles. The molecule has 0 aliphatic rings. The summed E-state index contributed by atoms with van der Waals surface area (Å²) in [6, 6.07) is 0. The van der Waals surface area contributed by atoms with E-state index >= 15 is 0 Å². The fraction of sp³-hybridized carbons (Fsp3) is 0. The van der Waals surface area contributed by atoms with Crippen LogP contribution in [0.2, 0.25) is 0 Å². The van der Waals surface area contributed by atoms with E-state index in [2.05, 4.69) is 0 Å². The van der Waals surface area contributed by atoms with Gasteiger partial charge in [0, 0.05) is 22.4 Å². The van der Waals surface area contributed by atoms with E-state index in [0.29, 0.717) is 0 Å². The van der Waals surface area contributed by atoms with E-state index < -0.39 is 0 Å². The molecule has 0 aromatic rings. The summed E-state index contributed by atoms with van der Waals surface area (Å²) in [5, 5.41) is 0. The van der Waals surface area contributed by atoms with Crippen molar-refractivity contribution in [2.24, 2.45) is 0 Å². The minimum Gasteiger partial charge on any atom is -0.870 e. The van der Waals surface area contributed by atoms with Crippen LogP contribution < -0.4 is 0 Å². The van der Waals surface area contributed by atoms with E-state index in [1.165, 1.54) is 0 Å². The third-order valence-corrected chi connectivity index (χ3v) is 0. The van der Waals surface area contributed by atoms with E-state index in [4.69, 9.17) is 0 Å². The Morgan fingerprint density at radius 1 is 0.750 bits per heavy atom. The van der Waals surface area contributed by atoms with Crippen LogP contribution in [0.3, 0.4) is 0 Å². The van der Waals surface area contributed by atoms with Crippen molar-refractivity contribution in [1.82, 2.24) is 0 Å². The van der Waals surface area contributed by atoms with Crippen LogP contribution in [0.5, 0.6) is 0 Å². The van der Waals surface area contributed by atoms with Gasteiger partial charge in [0.05, 0.1) is 0 Å². The molecule has 3 nitrogen and oxygen atoms in total. The molecular formula is H5NbO3-. The molecule has 29 valence electrons. The Morgan fingerprint density at radius 2 is 0.750 bits per heavy atom. The van der Waals surface area contributed by atoms with E-state index in [1.807, 2.05) is 0 Å². The van der Waals surface area contributed by atoms with Gasteiger partial charge >= 0.3 is 0 Å². The van der Waals surface area contributed by atoms with Gasteiger partial charge in [-0.15, -0.1) is 0 Å². The smallest absolute Gasteiger partial charge is 0 e. The quantitative estimate of drug-likeness (QED) is 0.369. The minimum atomic E-state index is 0. The Hall–Kier alpha value is 0.620. The molecule has 0 amide bonds. The molecule has 5 N–H and O–H groups in total. The average Bonchev–Trinajstić information content (AvgIpc) is 0. The SMILES string of the molecule is O.O.[Nb].[OH-]. The van der Waals surface area contributed by atoms with Gasteiger partial charge < -0.3 is 16.4 Å². The van der Waals surface area contributed by atoms with Gasteiger partial charge in [-0.1, -0.05) is 0 Å². The molecule has 4 heteroatoms. The van der Waals surface area contributed by atoms with Crippen molar-refractivity contribution in [3.8, 4) is 0 Å². The summed E-state index contributed by atoms with van der Waals surface area (Å²) in [6.07, 6.45) is 0. The maximum atomic E-state index is 0. The molecule has 0 atom stereocenters. The first kappa shape index (κ1) is 157. The average molecular weight is 146 g/mol. The predicted molar refractivity (Wildman–Crippen MR) is 9.16 cm³/mol. The van der Waals surface area contributed by atoms with Gasteiger partial charge in [0.15, 0.2) is 0 Å². The molecule has 4 heavy (non-hydrogen) atoms. The molecule has 0 aromatic carbocycles. The maximum absolute atomic E-state index is 0. The van der Waals surface area contributed by atoms with Crippen molar-refractivity contribution in [2.45, 2.75) is 0 Å². The van der Waals surface area contributed by atoms with Crippen molar-refractivity contribution in [3.63, 3.8) is 0 Å². The Bertz CT molecular complexity index is 3.25. The molecular weight excluding hydrogens is 141 g/mol. The molecule has 0 saturated carbocycles. The van der Waals surface area contributed by atoms with Crippen LogP contribution >= 0.6 is 0 Å². The Balaban J connectivity index is 0. The minimum absolute atomic E-state index is 0. The maximum Gasteiger partial charge on any atom is 0 e. The van der Waals surface area contributed by atoms with Crippen LogP contribution in [-0.4, -0.2) is 16.4 Å². The molecule has 0 saturated heterocycles. The topological polar surface area (TPSA) is 93.0 Å². The van der Waals surface area contributed by atoms with E-state index in [-0.39, 0.29) is 38.8 Å². The number of rotatable bonds is 0. The van der Waals surface area contributed by atoms with Crippen molar-refractivity contribution < 1.29 is 38.8 Å². The summed E-state index contributed by atoms with van der Waals surface area (Å²) < 4.78 is 0. The van der Waals surface area contributed by atoms with Crippen LogP contribution in [-0.2, 0) is 22.4 Å². The Labute approximate surface area is 39.4 Å². The first-order valence-corrected chi connectivity index (χ1v) is 0. The molecule has 0 heterocycles. The summed E-state index contributed by atoms with van der Waals surface area (Å²) >= 11 is 0. The van der Waals surface area contributed by atoms with E-state index in [0.717, 1.165) is 0 Å².